The van der Waals surface area contributed by atoms with Crippen LogP contribution < -0.4 is 0 Å². The van der Waals surface area contributed by atoms with Crippen LogP contribution in [0.1, 0.15) is 65.0 Å². The van der Waals surface area contributed by atoms with E-state index in [4.69, 9.17) is 4.42 Å². The standard InChI is InChI=1S/C17H20O.2C2H6/c1-6-7-8-14-9-16(18-13(14)3)15-11-17(4,5)10-12(15)2;2*1-2/h6-9,11H,1-2,10H2,3-5H3;2*1-2H3/b8-7-;;. The topological polar surface area (TPSA) is 13.1 Å². The highest BCUT2D eigenvalue weighted by Gasteiger charge is 2.28. The Hall–Kier alpha value is -1.76. The van der Waals surface area contributed by atoms with Gasteiger partial charge in [0.2, 0.25) is 0 Å². The fourth-order valence-corrected chi connectivity index (χ4v) is 2.40. The van der Waals surface area contributed by atoms with Gasteiger partial charge in [-0.05, 0) is 30.4 Å². The summed E-state index contributed by atoms with van der Waals surface area (Å²) in [5.41, 5.74) is 3.60. The Bertz CT molecular complexity index is 550. The second-order valence-corrected chi connectivity index (χ2v) is 5.54. The van der Waals surface area contributed by atoms with Gasteiger partial charge in [-0.25, -0.2) is 0 Å². The molecule has 2 rings (SSSR count). The maximum Gasteiger partial charge on any atom is 0.134 e. The van der Waals surface area contributed by atoms with Crippen molar-refractivity contribution in [2.75, 3.05) is 0 Å². The molecule has 0 saturated heterocycles. The van der Waals surface area contributed by atoms with Gasteiger partial charge in [0, 0.05) is 11.1 Å². The molecular weight excluding hydrogens is 268 g/mol. The Morgan fingerprint density at radius 2 is 1.77 bits per heavy atom. The van der Waals surface area contributed by atoms with E-state index >= 15 is 0 Å². The van der Waals surface area contributed by atoms with E-state index in [1.165, 1.54) is 0 Å². The summed E-state index contributed by atoms with van der Waals surface area (Å²) in [6.45, 7) is 22.2. The Balaban J connectivity index is 0.00000102. The maximum absolute atomic E-state index is 5.84. The van der Waals surface area contributed by atoms with Gasteiger partial charge in [0.15, 0.2) is 0 Å². The molecule has 0 N–H and O–H groups in total. The first-order chi connectivity index (χ1) is 10.4. The lowest BCUT2D eigenvalue weighted by molar-refractivity contribution is 0.500. The normalized spacial score (nSPS) is 15.6. The minimum atomic E-state index is 0.185. The van der Waals surface area contributed by atoms with Gasteiger partial charge in [-0.15, -0.1) is 0 Å². The first kappa shape index (κ1) is 20.2. The minimum absolute atomic E-state index is 0.185. The van der Waals surface area contributed by atoms with Gasteiger partial charge >= 0.3 is 0 Å². The van der Waals surface area contributed by atoms with Crippen LogP contribution in [0.15, 0.2) is 47.4 Å². The molecule has 1 nitrogen and oxygen atoms in total. The zero-order valence-corrected chi connectivity index (χ0v) is 15.4. The van der Waals surface area contributed by atoms with Crippen LogP contribution in [0.5, 0.6) is 0 Å². The number of hydrogen-bond donors (Lipinski definition) is 0. The molecule has 0 aromatic carbocycles. The van der Waals surface area contributed by atoms with E-state index in [9.17, 15) is 0 Å². The van der Waals surface area contributed by atoms with Crippen molar-refractivity contribution >= 4 is 11.6 Å². The molecule has 1 aromatic rings. The van der Waals surface area contributed by atoms with E-state index in [1.807, 2.05) is 46.8 Å². The summed E-state index contributed by atoms with van der Waals surface area (Å²) >= 11 is 0. The molecule has 0 saturated carbocycles. The third-order valence-electron chi connectivity index (χ3n) is 3.22. The Kier molecular flexibility index (Phi) is 8.55. The molecule has 1 aliphatic rings. The largest absolute Gasteiger partial charge is 0.461 e. The van der Waals surface area contributed by atoms with Gasteiger partial charge in [0.25, 0.3) is 0 Å². The van der Waals surface area contributed by atoms with Crippen molar-refractivity contribution in [2.24, 2.45) is 5.41 Å². The molecule has 0 amide bonds. The number of hydrogen-bond acceptors (Lipinski definition) is 1. The Labute approximate surface area is 137 Å². The van der Waals surface area contributed by atoms with E-state index in [0.717, 1.165) is 34.7 Å². The lowest BCUT2D eigenvalue weighted by atomic mass is 9.93. The molecule has 0 bridgehead atoms. The van der Waals surface area contributed by atoms with Crippen LogP contribution in [0.25, 0.3) is 11.6 Å². The molecular formula is C21H32O. The number of furan rings is 1. The minimum Gasteiger partial charge on any atom is -0.461 e. The first-order valence-electron chi connectivity index (χ1n) is 8.24. The third kappa shape index (κ3) is 5.22. The van der Waals surface area contributed by atoms with Crippen molar-refractivity contribution in [2.45, 2.75) is 54.9 Å². The van der Waals surface area contributed by atoms with Crippen molar-refractivity contribution in [3.05, 3.63) is 60.1 Å². The highest BCUT2D eigenvalue weighted by atomic mass is 16.3. The average molecular weight is 300 g/mol. The highest BCUT2D eigenvalue weighted by molar-refractivity contribution is 5.80. The molecule has 22 heavy (non-hydrogen) atoms. The third-order valence-corrected chi connectivity index (χ3v) is 3.22. The van der Waals surface area contributed by atoms with Gasteiger partial charge in [0.05, 0.1) is 0 Å². The van der Waals surface area contributed by atoms with E-state index in [-0.39, 0.29) is 5.41 Å². The first-order valence-corrected chi connectivity index (χ1v) is 8.24. The van der Waals surface area contributed by atoms with E-state index in [0.29, 0.717) is 0 Å². The predicted molar refractivity (Wildman–Crippen MR) is 101 cm³/mol. The SMILES string of the molecule is C=C/C=C\c1cc(C2=CC(C)(C)CC2=C)oc1C.CC.CC. The van der Waals surface area contributed by atoms with Crippen molar-refractivity contribution < 1.29 is 4.42 Å². The van der Waals surface area contributed by atoms with Gasteiger partial charge in [0.1, 0.15) is 11.5 Å². The zero-order valence-electron chi connectivity index (χ0n) is 15.4. The summed E-state index contributed by atoms with van der Waals surface area (Å²) in [5.74, 6) is 1.85. The molecule has 122 valence electrons. The van der Waals surface area contributed by atoms with Crippen LogP contribution in [0.3, 0.4) is 0 Å². The zero-order chi connectivity index (χ0) is 17.3. The van der Waals surface area contributed by atoms with Gasteiger partial charge in [-0.2, -0.15) is 0 Å². The van der Waals surface area contributed by atoms with Crippen LogP contribution in [0.4, 0.5) is 0 Å². The van der Waals surface area contributed by atoms with Gasteiger partial charge < -0.3 is 4.42 Å². The average Bonchev–Trinajstić information content (AvgIpc) is 3.00. The number of rotatable bonds is 3. The summed E-state index contributed by atoms with van der Waals surface area (Å²) in [7, 11) is 0. The van der Waals surface area contributed by atoms with Crippen LogP contribution in [-0.2, 0) is 0 Å². The van der Waals surface area contributed by atoms with Gasteiger partial charge in [-0.3, -0.25) is 0 Å². The lowest BCUT2D eigenvalue weighted by Crippen LogP contribution is -2.00. The van der Waals surface area contributed by atoms with Crippen LogP contribution in [0.2, 0.25) is 0 Å². The molecule has 0 spiro atoms. The fraction of sp³-hybridized carbons (Fsp3) is 0.429. The molecule has 1 heterocycles. The fourth-order valence-electron chi connectivity index (χ4n) is 2.40. The van der Waals surface area contributed by atoms with Crippen molar-refractivity contribution in [1.82, 2.24) is 0 Å². The van der Waals surface area contributed by atoms with Gasteiger partial charge in [-0.1, -0.05) is 79.0 Å². The molecule has 1 aliphatic carbocycles. The second-order valence-electron chi connectivity index (χ2n) is 5.54. The smallest absolute Gasteiger partial charge is 0.134 e. The van der Waals surface area contributed by atoms with Crippen molar-refractivity contribution in [3.8, 4) is 0 Å². The number of allylic oxidation sites excluding steroid dienone is 5. The van der Waals surface area contributed by atoms with Crippen LogP contribution in [-0.4, -0.2) is 0 Å². The predicted octanol–water partition coefficient (Wildman–Crippen LogP) is 7.21. The molecule has 0 aliphatic heterocycles. The summed E-state index contributed by atoms with van der Waals surface area (Å²) in [5, 5.41) is 0. The lowest BCUT2D eigenvalue weighted by Gasteiger charge is -2.12. The van der Waals surface area contributed by atoms with Crippen molar-refractivity contribution in [1.29, 1.82) is 0 Å². The quantitative estimate of drug-likeness (QED) is 0.537. The summed E-state index contributed by atoms with van der Waals surface area (Å²) in [6.07, 6.45) is 8.96. The molecule has 0 fully saturated rings. The van der Waals surface area contributed by atoms with E-state index < -0.39 is 0 Å². The summed E-state index contributed by atoms with van der Waals surface area (Å²) in [6, 6.07) is 2.08. The molecule has 1 aromatic heterocycles. The molecule has 1 heteroatoms. The molecule has 0 atom stereocenters. The summed E-state index contributed by atoms with van der Waals surface area (Å²) in [4.78, 5) is 0. The highest BCUT2D eigenvalue weighted by Crippen LogP contribution is 2.43. The Morgan fingerprint density at radius 3 is 2.23 bits per heavy atom. The molecule has 0 radical (unpaired) electrons. The van der Waals surface area contributed by atoms with E-state index in [2.05, 4.69) is 39.1 Å². The van der Waals surface area contributed by atoms with Crippen molar-refractivity contribution in [3.63, 3.8) is 0 Å². The monoisotopic (exact) mass is 300 g/mol. The maximum atomic E-state index is 5.84. The van der Waals surface area contributed by atoms with Crippen LogP contribution in [0, 0.1) is 12.3 Å². The van der Waals surface area contributed by atoms with E-state index in [1.54, 1.807) is 6.08 Å². The second kappa shape index (κ2) is 9.30. The Morgan fingerprint density at radius 1 is 1.18 bits per heavy atom. The summed E-state index contributed by atoms with van der Waals surface area (Å²) < 4.78 is 5.84. The number of aryl methyl sites for hydroxylation is 1. The van der Waals surface area contributed by atoms with Crippen LogP contribution >= 0.6 is 0 Å². The molecule has 0 unspecified atom stereocenters.